The van der Waals surface area contributed by atoms with Crippen molar-refractivity contribution >= 4 is 59.2 Å². The molecule has 26 nitrogen and oxygen atoms in total. The highest BCUT2D eigenvalue weighted by atomic mass is 16.4. The first-order valence-corrected chi connectivity index (χ1v) is 25.8. The van der Waals surface area contributed by atoms with Gasteiger partial charge in [0, 0.05) is 19.5 Å². The topological polar surface area (TPSA) is 463 Å². The van der Waals surface area contributed by atoms with E-state index in [1.54, 1.807) is 46.8 Å². The molecule has 0 unspecified atom stereocenters. The van der Waals surface area contributed by atoms with E-state index in [9.17, 15) is 48.6 Å². The van der Waals surface area contributed by atoms with Gasteiger partial charge in [0.15, 0.2) is 11.9 Å². The van der Waals surface area contributed by atoms with Gasteiger partial charge in [-0.1, -0.05) is 60.1 Å². The molecule has 0 aromatic heterocycles. The van der Waals surface area contributed by atoms with Crippen LogP contribution in [-0.4, -0.2) is 144 Å². The highest BCUT2D eigenvalue weighted by molar-refractivity contribution is 5.98. The number of nitrogens with two attached hydrogens (primary N) is 5. The minimum atomic E-state index is -1.35. The molecule has 7 amide bonds. The first-order chi connectivity index (χ1) is 35.4. The van der Waals surface area contributed by atoms with Crippen LogP contribution < -0.4 is 76.5 Å². The van der Waals surface area contributed by atoms with Gasteiger partial charge in [-0.25, -0.2) is 4.79 Å². The van der Waals surface area contributed by atoms with Crippen LogP contribution >= 0.6 is 0 Å². The summed E-state index contributed by atoms with van der Waals surface area (Å²) in [5.41, 5.74) is 28.9. The predicted molar refractivity (Wildman–Crippen MR) is 284 cm³/mol. The van der Waals surface area contributed by atoms with E-state index in [1.807, 2.05) is 6.92 Å². The van der Waals surface area contributed by atoms with E-state index in [1.165, 1.54) is 12.1 Å². The fourth-order valence-corrected chi connectivity index (χ4v) is 7.57. The molecule has 1 aromatic carbocycles. The normalized spacial score (nSPS) is 14.8. The highest BCUT2D eigenvalue weighted by Crippen LogP contribution is 2.16. The number of benzene rings is 1. The first-order valence-electron chi connectivity index (χ1n) is 25.8. The predicted octanol–water partition coefficient (Wildman–Crippen LogP) is -2.12. The van der Waals surface area contributed by atoms with Crippen LogP contribution in [0.2, 0.25) is 0 Å². The standard InChI is InChI=1S/C49H88N16O10/c1-7-29(6)39(65-44(71)37(52)27(2)3)46(73)63-36(26-30-18-20-31(66)21-19-30)43(70)64-38(28(4)5)45(72)61-34(16-12-24-57-48(53)54)41(68)59-32(14-8-10-22-50)40(67)60-33(15-9-11-23-51)42(69)62-35(47(74)75)17-13-25-58-49(55)56/h18-21,27-29,32-39,66H,7-17,22-26,50-52H2,1-6H3,(H,59,68)(H,60,67)(H,61,72)(H,62,69)(H,63,73)(H,64,70)(H,65,71)(H,74,75)(H4,53,54,57)(H4,55,56,58)/t29-,32-,33-,34-,35-,36-,37-,38-,39-/m0/s1. The number of carbonyl (C=O) groups excluding carboxylic acids is 7. The molecule has 1 rings (SSSR count). The molecule has 0 aliphatic carbocycles. The summed E-state index contributed by atoms with van der Waals surface area (Å²) in [7, 11) is 0. The third-order valence-corrected chi connectivity index (χ3v) is 12.4. The lowest BCUT2D eigenvalue weighted by Gasteiger charge is -2.30. The van der Waals surface area contributed by atoms with Crippen molar-refractivity contribution in [2.45, 2.75) is 167 Å². The average Bonchev–Trinajstić information content (AvgIpc) is 3.35. The molecule has 9 atom stereocenters. The zero-order valence-corrected chi connectivity index (χ0v) is 44.5. The number of amides is 7. The van der Waals surface area contributed by atoms with Crippen molar-refractivity contribution in [1.29, 1.82) is 10.8 Å². The van der Waals surface area contributed by atoms with E-state index in [0.717, 1.165) is 0 Å². The zero-order chi connectivity index (χ0) is 56.8. The molecular formula is C49H88N16O10. The van der Waals surface area contributed by atoms with Crippen molar-refractivity contribution in [3.8, 4) is 5.75 Å². The van der Waals surface area contributed by atoms with Gasteiger partial charge in [0.2, 0.25) is 41.4 Å². The van der Waals surface area contributed by atoms with Crippen molar-refractivity contribution < 1.29 is 48.6 Å². The molecule has 0 aliphatic rings. The Kier molecular flexibility index (Phi) is 31.3. The minimum Gasteiger partial charge on any atom is -0.508 e. The van der Waals surface area contributed by atoms with Crippen LogP contribution in [0.5, 0.6) is 5.75 Å². The summed E-state index contributed by atoms with van der Waals surface area (Å²) in [5, 5.41) is 58.7. The summed E-state index contributed by atoms with van der Waals surface area (Å²) < 4.78 is 0. The van der Waals surface area contributed by atoms with Crippen LogP contribution in [0.3, 0.4) is 0 Å². The minimum absolute atomic E-state index is 0.0236. The van der Waals surface area contributed by atoms with Crippen LogP contribution in [-0.2, 0) is 44.8 Å². The van der Waals surface area contributed by atoms with Gasteiger partial charge in [0.05, 0.1) is 6.04 Å². The number of aromatic hydroxyl groups is 1. The molecular weight excluding hydrogens is 973 g/mol. The number of phenolic OH excluding ortho intramolecular Hbond substituents is 1. The van der Waals surface area contributed by atoms with Crippen LogP contribution in [0.1, 0.15) is 118 Å². The maximum atomic E-state index is 14.4. The molecule has 0 spiro atoms. The Balaban J connectivity index is 3.60. The van der Waals surface area contributed by atoms with Gasteiger partial charge in [-0.3, -0.25) is 44.4 Å². The Bertz CT molecular complexity index is 2010. The van der Waals surface area contributed by atoms with Gasteiger partial charge >= 0.3 is 5.97 Å². The first kappa shape index (κ1) is 66.2. The largest absolute Gasteiger partial charge is 0.508 e. The van der Waals surface area contributed by atoms with Gasteiger partial charge in [-0.05, 0) is 113 Å². The molecule has 0 aliphatic heterocycles. The lowest BCUT2D eigenvalue weighted by atomic mass is 9.95. The number of unbranched alkanes of at least 4 members (excludes halogenated alkanes) is 2. The molecule has 0 heterocycles. The monoisotopic (exact) mass is 1060 g/mol. The van der Waals surface area contributed by atoms with Crippen molar-refractivity contribution in [3.63, 3.8) is 0 Å². The summed E-state index contributed by atoms with van der Waals surface area (Å²) >= 11 is 0. The van der Waals surface area contributed by atoms with Crippen LogP contribution in [0.15, 0.2) is 24.3 Å². The number of aliphatic carboxylic acids is 1. The van der Waals surface area contributed by atoms with E-state index in [2.05, 4.69) is 47.9 Å². The van der Waals surface area contributed by atoms with E-state index in [4.69, 9.17) is 39.5 Å². The number of carbonyl (C=O) groups is 8. The molecule has 75 heavy (non-hydrogen) atoms. The summed E-state index contributed by atoms with van der Waals surface area (Å²) in [5.74, 6) is -8.43. The van der Waals surface area contributed by atoms with Crippen LogP contribution in [0, 0.1) is 28.6 Å². The summed E-state index contributed by atoms with van der Waals surface area (Å²) in [6.07, 6.45) is 2.49. The highest BCUT2D eigenvalue weighted by Gasteiger charge is 2.36. The SMILES string of the molecule is CC[C@H](C)[C@H](NC(=O)[C@@H](N)C(C)C)C(=O)N[C@@H](Cc1ccc(O)cc1)C(=O)N[C@H](C(=O)N[C@@H](CCCNC(=N)N)C(=O)N[C@@H](CCCCN)C(=O)N[C@@H](CCCCN)C(=O)N[C@@H](CCCNC(=N)N)C(=O)O)C(C)C. The number of guanidine groups is 2. The smallest absolute Gasteiger partial charge is 0.326 e. The number of nitrogens with one attached hydrogen (secondary N) is 11. The van der Waals surface area contributed by atoms with Gasteiger partial charge in [-0.2, -0.15) is 0 Å². The fraction of sp³-hybridized carbons (Fsp3) is 0.673. The molecule has 0 saturated heterocycles. The maximum absolute atomic E-state index is 14.4. The van der Waals surface area contributed by atoms with Crippen molar-refractivity contribution in [3.05, 3.63) is 29.8 Å². The summed E-state index contributed by atoms with van der Waals surface area (Å²) in [6.45, 7) is 11.3. The number of rotatable bonds is 37. The third-order valence-electron chi connectivity index (χ3n) is 12.4. The molecule has 23 N–H and O–H groups in total. The molecule has 1 aromatic rings. The Morgan fingerprint density at radius 1 is 0.520 bits per heavy atom. The van der Waals surface area contributed by atoms with Gasteiger partial charge in [0.1, 0.15) is 48.0 Å². The van der Waals surface area contributed by atoms with E-state index in [-0.39, 0.29) is 94.7 Å². The van der Waals surface area contributed by atoms with Gasteiger partial charge < -0.3 is 86.7 Å². The van der Waals surface area contributed by atoms with E-state index >= 15 is 0 Å². The van der Waals surface area contributed by atoms with Gasteiger partial charge in [0.25, 0.3) is 0 Å². The quantitative estimate of drug-likeness (QED) is 0.0192. The lowest BCUT2D eigenvalue weighted by molar-refractivity contribution is -0.142. The van der Waals surface area contributed by atoms with Crippen molar-refractivity contribution in [1.82, 2.24) is 47.9 Å². The summed E-state index contributed by atoms with van der Waals surface area (Å²) in [6, 6.07) is -3.93. The Labute approximate surface area is 440 Å². The molecule has 0 bridgehead atoms. The summed E-state index contributed by atoms with van der Waals surface area (Å²) in [4.78, 5) is 110. The van der Waals surface area contributed by atoms with Crippen molar-refractivity contribution in [2.24, 2.45) is 46.4 Å². The zero-order valence-electron chi connectivity index (χ0n) is 44.5. The lowest BCUT2D eigenvalue weighted by Crippen LogP contribution is -2.61. The maximum Gasteiger partial charge on any atom is 0.326 e. The van der Waals surface area contributed by atoms with Crippen molar-refractivity contribution in [2.75, 3.05) is 26.2 Å². The number of phenols is 1. The second-order valence-corrected chi connectivity index (χ2v) is 19.4. The van der Waals surface area contributed by atoms with E-state index < -0.39 is 107 Å². The molecule has 0 saturated carbocycles. The number of carboxylic acid groups (broad SMARTS) is 1. The van der Waals surface area contributed by atoms with Gasteiger partial charge in [-0.15, -0.1) is 0 Å². The van der Waals surface area contributed by atoms with E-state index in [0.29, 0.717) is 37.7 Å². The Morgan fingerprint density at radius 2 is 0.907 bits per heavy atom. The number of carboxylic acids is 1. The molecule has 0 fully saturated rings. The van der Waals surface area contributed by atoms with Crippen LogP contribution in [0.4, 0.5) is 0 Å². The Hall–Kier alpha value is -6.80. The van der Waals surface area contributed by atoms with Crippen LogP contribution in [0.25, 0.3) is 0 Å². The molecule has 0 radical (unpaired) electrons. The number of hydrogen-bond donors (Lipinski definition) is 18. The molecule has 26 heteroatoms. The second-order valence-electron chi connectivity index (χ2n) is 19.4. The molecule has 424 valence electrons. The second kappa shape index (κ2) is 35.4. The fourth-order valence-electron chi connectivity index (χ4n) is 7.57. The number of hydrogen-bond acceptors (Lipinski definition) is 14. The average molecular weight is 1060 g/mol. The Morgan fingerprint density at radius 3 is 1.32 bits per heavy atom. The third kappa shape index (κ3) is 25.8.